The average molecular weight is 453 g/mol. The molecule has 12 nitrogen and oxygen atoms in total. The normalized spacial score (nSPS) is 13.7. The number of nitrogens with two attached hydrogens (primary N) is 1. The van der Waals surface area contributed by atoms with E-state index in [9.17, 15) is 19.5 Å². The smallest absolute Gasteiger partial charge is 0.408 e. The SMILES string of the molecule is CC(C)[C@H](NC(=O)OC(C)(C)C)C(=O)OCCC(CO)Cn1cnc2c(=O)[nH]c(N)nc21. The van der Waals surface area contributed by atoms with E-state index in [2.05, 4.69) is 20.3 Å². The molecule has 0 bridgehead atoms. The number of ether oxygens (including phenoxy) is 2. The van der Waals surface area contributed by atoms with Crippen LogP contribution in [0.3, 0.4) is 0 Å². The molecule has 32 heavy (non-hydrogen) atoms. The van der Waals surface area contributed by atoms with Gasteiger partial charge in [-0.1, -0.05) is 13.8 Å². The minimum Gasteiger partial charge on any atom is -0.464 e. The molecule has 0 saturated heterocycles. The van der Waals surface area contributed by atoms with E-state index < -0.39 is 29.3 Å². The highest BCUT2D eigenvalue weighted by Gasteiger charge is 2.28. The van der Waals surface area contributed by atoms with Crippen molar-refractivity contribution in [3.8, 4) is 0 Å². The number of imidazole rings is 1. The van der Waals surface area contributed by atoms with Gasteiger partial charge in [0.2, 0.25) is 5.95 Å². The second-order valence-electron chi connectivity index (χ2n) is 8.89. The number of fused-ring (bicyclic) bond motifs is 1. The molecular formula is C20H32N6O6. The molecule has 0 aliphatic heterocycles. The van der Waals surface area contributed by atoms with Crippen molar-refractivity contribution in [2.45, 2.75) is 59.2 Å². The lowest BCUT2D eigenvalue weighted by Gasteiger charge is -2.25. The van der Waals surface area contributed by atoms with Crippen LogP contribution in [0, 0.1) is 11.8 Å². The number of nitrogen functional groups attached to an aromatic ring is 1. The van der Waals surface area contributed by atoms with E-state index in [1.807, 2.05) is 0 Å². The van der Waals surface area contributed by atoms with E-state index in [0.717, 1.165) is 0 Å². The first-order chi connectivity index (χ1) is 14.9. The van der Waals surface area contributed by atoms with E-state index in [1.54, 1.807) is 39.2 Å². The molecule has 1 amide bonds. The Kier molecular flexibility index (Phi) is 8.19. The molecule has 0 spiro atoms. The number of anilines is 1. The van der Waals surface area contributed by atoms with Crippen LogP contribution in [0.4, 0.5) is 10.7 Å². The van der Waals surface area contributed by atoms with Gasteiger partial charge in [0.05, 0.1) is 12.9 Å². The summed E-state index contributed by atoms with van der Waals surface area (Å²) in [6.07, 6.45) is 1.09. The molecule has 12 heteroatoms. The number of hydrogen-bond donors (Lipinski definition) is 4. The summed E-state index contributed by atoms with van der Waals surface area (Å²) in [4.78, 5) is 46.9. The van der Waals surface area contributed by atoms with Crippen molar-refractivity contribution in [2.75, 3.05) is 18.9 Å². The van der Waals surface area contributed by atoms with E-state index in [4.69, 9.17) is 15.2 Å². The summed E-state index contributed by atoms with van der Waals surface area (Å²) in [6.45, 7) is 8.90. The number of aliphatic hydroxyl groups excluding tert-OH is 1. The van der Waals surface area contributed by atoms with Crippen molar-refractivity contribution in [2.24, 2.45) is 11.8 Å². The molecule has 0 aliphatic rings. The number of rotatable bonds is 9. The summed E-state index contributed by atoms with van der Waals surface area (Å²) in [7, 11) is 0. The maximum absolute atomic E-state index is 12.5. The van der Waals surface area contributed by atoms with Gasteiger partial charge in [0.1, 0.15) is 11.6 Å². The van der Waals surface area contributed by atoms with Gasteiger partial charge in [-0.25, -0.2) is 14.6 Å². The summed E-state index contributed by atoms with van der Waals surface area (Å²) in [6, 6.07) is -0.867. The standard InChI is InChI=1S/C20H32N6O6/c1-11(2)13(23-19(30)32-20(3,4)5)17(29)31-7-6-12(9-27)8-26-10-22-14-15(26)24-18(21)25-16(14)28/h10-13,27H,6-9H2,1-5H3,(H,23,30)(H3,21,24,25,28)/t12?,13-/m0/s1. The van der Waals surface area contributed by atoms with Gasteiger partial charge in [-0.05, 0) is 33.1 Å². The first kappa shape index (κ1) is 25.1. The van der Waals surface area contributed by atoms with Crippen molar-refractivity contribution in [1.29, 1.82) is 0 Å². The number of carbonyl (C=O) groups excluding carboxylic acids is 2. The van der Waals surface area contributed by atoms with Crippen LogP contribution >= 0.6 is 0 Å². The van der Waals surface area contributed by atoms with Gasteiger partial charge in [0, 0.05) is 19.1 Å². The summed E-state index contributed by atoms with van der Waals surface area (Å²) in [5.41, 5.74) is 4.92. The first-order valence-corrected chi connectivity index (χ1v) is 10.4. The second-order valence-corrected chi connectivity index (χ2v) is 8.89. The number of alkyl carbamates (subject to hydrolysis) is 1. The quantitative estimate of drug-likeness (QED) is 0.401. The zero-order valence-corrected chi connectivity index (χ0v) is 19.0. The topological polar surface area (TPSA) is 174 Å². The van der Waals surface area contributed by atoms with Crippen LogP contribution in [0.25, 0.3) is 11.2 Å². The molecule has 0 aromatic carbocycles. The second kappa shape index (κ2) is 10.4. The van der Waals surface area contributed by atoms with Gasteiger partial charge in [0.15, 0.2) is 11.2 Å². The number of aromatic amines is 1. The van der Waals surface area contributed by atoms with Gasteiger partial charge in [-0.3, -0.25) is 9.78 Å². The number of nitrogens with one attached hydrogen (secondary N) is 2. The highest BCUT2D eigenvalue weighted by atomic mass is 16.6. The summed E-state index contributed by atoms with van der Waals surface area (Å²) in [5.74, 6) is -1.12. The van der Waals surface area contributed by atoms with Gasteiger partial charge >= 0.3 is 12.1 Å². The summed E-state index contributed by atoms with van der Waals surface area (Å²) in [5, 5.41) is 12.3. The zero-order chi connectivity index (χ0) is 24.1. The van der Waals surface area contributed by atoms with E-state index in [1.165, 1.54) is 6.33 Å². The maximum atomic E-state index is 12.5. The lowest BCUT2D eigenvalue weighted by molar-refractivity contribution is -0.147. The molecule has 0 aliphatic carbocycles. The summed E-state index contributed by atoms with van der Waals surface area (Å²) >= 11 is 0. The predicted octanol–water partition coefficient (Wildman–Crippen LogP) is 0.793. The number of H-pyrrole nitrogens is 1. The molecule has 2 aromatic rings. The molecule has 0 fully saturated rings. The number of aromatic nitrogens is 4. The molecule has 1 unspecified atom stereocenters. The lowest BCUT2D eigenvalue weighted by atomic mass is 10.0. The van der Waals surface area contributed by atoms with Crippen LogP contribution in [-0.4, -0.2) is 61.5 Å². The van der Waals surface area contributed by atoms with Gasteiger partial charge in [-0.2, -0.15) is 4.98 Å². The number of carbonyl (C=O) groups is 2. The van der Waals surface area contributed by atoms with E-state index >= 15 is 0 Å². The number of hydrogen-bond acceptors (Lipinski definition) is 9. The minimum absolute atomic E-state index is 0.0315. The Balaban J connectivity index is 1.94. The van der Waals surface area contributed by atoms with Crippen LogP contribution in [0.15, 0.2) is 11.1 Å². The van der Waals surface area contributed by atoms with Crippen molar-refractivity contribution in [1.82, 2.24) is 24.8 Å². The third kappa shape index (κ3) is 6.94. The van der Waals surface area contributed by atoms with Crippen LogP contribution in [0.2, 0.25) is 0 Å². The number of aliphatic hydroxyl groups is 1. The molecule has 5 N–H and O–H groups in total. The fourth-order valence-corrected chi connectivity index (χ4v) is 2.97. The monoisotopic (exact) mass is 452 g/mol. The minimum atomic E-state index is -0.867. The molecule has 0 saturated carbocycles. The average Bonchev–Trinajstić information content (AvgIpc) is 3.06. The third-order valence-corrected chi connectivity index (χ3v) is 4.57. The van der Waals surface area contributed by atoms with E-state index in [-0.39, 0.29) is 36.5 Å². The lowest BCUT2D eigenvalue weighted by Crippen LogP contribution is -2.47. The van der Waals surface area contributed by atoms with Crippen LogP contribution in [0.5, 0.6) is 0 Å². The molecule has 0 radical (unpaired) electrons. The third-order valence-electron chi connectivity index (χ3n) is 4.57. The highest BCUT2D eigenvalue weighted by molar-refractivity contribution is 5.81. The Morgan fingerprint density at radius 2 is 2.03 bits per heavy atom. The maximum Gasteiger partial charge on any atom is 0.408 e. The molecule has 2 aromatic heterocycles. The Bertz CT molecular complexity index is 993. The van der Waals surface area contributed by atoms with E-state index in [0.29, 0.717) is 18.6 Å². The molecule has 2 atom stereocenters. The highest BCUT2D eigenvalue weighted by Crippen LogP contribution is 2.14. The van der Waals surface area contributed by atoms with Crippen LogP contribution < -0.4 is 16.6 Å². The fourth-order valence-electron chi connectivity index (χ4n) is 2.97. The van der Waals surface area contributed by atoms with Crippen molar-refractivity contribution in [3.63, 3.8) is 0 Å². The first-order valence-electron chi connectivity index (χ1n) is 10.4. The van der Waals surface area contributed by atoms with Crippen molar-refractivity contribution >= 4 is 29.2 Å². The largest absolute Gasteiger partial charge is 0.464 e. The fraction of sp³-hybridized carbons (Fsp3) is 0.650. The zero-order valence-electron chi connectivity index (χ0n) is 19.0. The van der Waals surface area contributed by atoms with Crippen LogP contribution in [0.1, 0.15) is 41.0 Å². The Hall–Kier alpha value is -3.15. The number of amides is 1. The van der Waals surface area contributed by atoms with Crippen molar-refractivity contribution in [3.05, 3.63) is 16.7 Å². The predicted molar refractivity (Wildman–Crippen MR) is 117 cm³/mol. The number of nitrogens with zero attached hydrogens (tertiary/aromatic N) is 3. The van der Waals surface area contributed by atoms with Crippen LogP contribution in [-0.2, 0) is 20.8 Å². The van der Waals surface area contributed by atoms with Gasteiger partial charge in [0.25, 0.3) is 5.56 Å². The Morgan fingerprint density at radius 1 is 1.34 bits per heavy atom. The number of esters is 1. The Labute approximate surface area is 185 Å². The molecular weight excluding hydrogens is 420 g/mol. The molecule has 2 heterocycles. The summed E-state index contributed by atoms with van der Waals surface area (Å²) < 4.78 is 12.2. The van der Waals surface area contributed by atoms with Crippen molar-refractivity contribution < 1.29 is 24.2 Å². The van der Waals surface area contributed by atoms with Gasteiger partial charge in [-0.15, -0.1) is 0 Å². The Morgan fingerprint density at radius 3 is 2.62 bits per heavy atom. The van der Waals surface area contributed by atoms with Gasteiger partial charge < -0.3 is 30.2 Å². The molecule has 178 valence electrons. The molecule has 2 rings (SSSR count).